The van der Waals surface area contributed by atoms with E-state index < -0.39 is 6.04 Å². The number of fused-ring (bicyclic) bond motifs is 1. The third-order valence-electron chi connectivity index (χ3n) is 2.48. The number of carbonyl (C=O) groups excluding carboxylic acids is 1. The Labute approximate surface area is 93.0 Å². The summed E-state index contributed by atoms with van der Waals surface area (Å²) in [5.74, 6) is -0.162. The van der Waals surface area contributed by atoms with Crippen LogP contribution < -0.4 is 11.1 Å². The lowest BCUT2D eigenvalue weighted by Crippen LogP contribution is -2.34. The first-order valence-corrected chi connectivity index (χ1v) is 5.20. The second kappa shape index (κ2) is 4.32. The summed E-state index contributed by atoms with van der Waals surface area (Å²) in [6.45, 7) is 1.88. The van der Waals surface area contributed by atoms with E-state index in [0.717, 1.165) is 16.6 Å². The zero-order chi connectivity index (χ0) is 11.5. The minimum absolute atomic E-state index is 0.162. The molecule has 0 aliphatic rings. The summed E-state index contributed by atoms with van der Waals surface area (Å²) < 4.78 is 0. The predicted molar refractivity (Wildman–Crippen MR) is 63.0 cm³/mol. The summed E-state index contributed by atoms with van der Waals surface area (Å²) in [6, 6.07) is 5.09. The van der Waals surface area contributed by atoms with E-state index in [1.54, 1.807) is 6.20 Å². The van der Waals surface area contributed by atoms with Crippen molar-refractivity contribution < 1.29 is 4.79 Å². The number of rotatable bonds is 3. The lowest BCUT2D eigenvalue weighted by Gasteiger charge is -2.09. The maximum atomic E-state index is 11.6. The lowest BCUT2D eigenvalue weighted by molar-refractivity contribution is -0.117. The van der Waals surface area contributed by atoms with E-state index in [4.69, 9.17) is 5.73 Å². The summed E-state index contributed by atoms with van der Waals surface area (Å²) in [7, 11) is 0. The van der Waals surface area contributed by atoms with Gasteiger partial charge in [0.25, 0.3) is 0 Å². The van der Waals surface area contributed by atoms with Gasteiger partial charge >= 0.3 is 0 Å². The molecule has 0 aliphatic carbocycles. The minimum atomic E-state index is -0.458. The van der Waals surface area contributed by atoms with Crippen LogP contribution in [0.3, 0.4) is 0 Å². The Morgan fingerprint density at radius 3 is 3.19 bits per heavy atom. The molecule has 1 unspecified atom stereocenters. The van der Waals surface area contributed by atoms with E-state index in [1.807, 2.05) is 25.1 Å². The highest BCUT2D eigenvalue weighted by molar-refractivity contribution is 5.96. The number of carbonyl (C=O) groups is 1. The average Bonchev–Trinajstić information content (AvgIpc) is 2.75. The van der Waals surface area contributed by atoms with Gasteiger partial charge in [-0.1, -0.05) is 6.92 Å². The van der Waals surface area contributed by atoms with Crippen LogP contribution in [0.1, 0.15) is 13.3 Å². The molecule has 2 rings (SSSR count). The molecule has 16 heavy (non-hydrogen) atoms. The number of anilines is 1. The molecule has 0 saturated heterocycles. The number of benzene rings is 1. The summed E-state index contributed by atoms with van der Waals surface area (Å²) in [4.78, 5) is 11.6. The third-order valence-corrected chi connectivity index (χ3v) is 2.48. The predicted octanol–water partition coefficient (Wildman–Crippen LogP) is 1.24. The molecule has 0 aliphatic heterocycles. The molecule has 1 amide bonds. The quantitative estimate of drug-likeness (QED) is 0.724. The van der Waals surface area contributed by atoms with Crippen LogP contribution >= 0.6 is 0 Å². The summed E-state index contributed by atoms with van der Waals surface area (Å²) in [5.41, 5.74) is 7.31. The molecule has 0 fully saturated rings. The smallest absolute Gasteiger partial charge is 0.241 e. The van der Waals surface area contributed by atoms with Crippen molar-refractivity contribution in [1.82, 2.24) is 10.2 Å². The Kier molecular flexibility index (Phi) is 2.87. The summed E-state index contributed by atoms with van der Waals surface area (Å²) in [6.07, 6.45) is 2.34. The molecule has 0 saturated carbocycles. The first-order valence-electron chi connectivity index (χ1n) is 5.20. The van der Waals surface area contributed by atoms with Crippen LogP contribution in [0.4, 0.5) is 5.69 Å². The Balaban J connectivity index is 2.17. The number of nitrogens with zero attached hydrogens (tertiary/aromatic N) is 1. The fraction of sp³-hybridized carbons (Fsp3) is 0.273. The second-order valence-corrected chi connectivity index (χ2v) is 3.68. The average molecular weight is 218 g/mol. The fourth-order valence-electron chi connectivity index (χ4n) is 1.44. The van der Waals surface area contributed by atoms with Crippen LogP contribution in [0, 0.1) is 0 Å². The first kappa shape index (κ1) is 10.6. The maximum Gasteiger partial charge on any atom is 0.241 e. The minimum Gasteiger partial charge on any atom is -0.325 e. The highest BCUT2D eigenvalue weighted by Crippen LogP contribution is 2.16. The van der Waals surface area contributed by atoms with E-state index in [9.17, 15) is 4.79 Å². The van der Waals surface area contributed by atoms with Gasteiger partial charge in [0.2, 0.25) is 5.91 Å². The zero-order valence-corrected chi connectivity index (χ0v) is 9.03. The molecule has 1 atom stereocenters. The molecular formula is C11H14N4O. The highest BCUT2D eigenvalue weighted by Gasteiger charge is 2.10. The number of aromatic amines is 1. The third kappa shape index (κ3) is 2.04. The van der Waals surface area contributed by atoms with E-state index in [-0.39, 0.29) is 5.91 Å². The number of nitrogens with one attached hydrogen (secondary N) is 2. The molecule has 2 aromatic rings. The van der Waals surface area contributed by atoms with Gasteiger partial charge in [0, 0.05) is 11.1 Å². The van der Waals surface area contributed by atoms with Crippen molar-refractivity contribution in [1.29, 1.82) is 0 Å². The molecule has 1 heterocycles. The number of hydrogen-bond acceptors (Lipinski definition) is 3. The van der Waals surface area contributed by atoms with Crippen LogP contribution in [0.25, 0.3) is 10.9 Å². The molecule has 1 aromatic heterocycles. The largest absolute Gasteiger partial charge is 0.325 e. The van der Waals surface area contributed by atoms with E-state index in [0.29, 0.717) is 6.42 Å². The Bertz CT molecular complexity index is 505. The fourth-order valence-corrected chi connectivity index (χ4v) is 1.44. The van der Waals surface area contributed by atoms with Crippen LogP contribution in [-0.2, 0) is 4.79 Å². The van der Waals surface area contributed by atoms with Crippen molar-refractivity contribution in [3.8, 4) is 0 Å². The standard InChI is InChI=1S/C11H14N4O/c1-2-9(12)11(16)14-8-3-4-10-7(5-8)6-13-15-10/h3-6,9H,2,12H2,1H3,(H,13,15)(H,14,16). The monoisotopic (exact) mass is 218 g/mol. The number of hydrogen-bond donors (Lipinski definition) is 3. The molecule has 4 N–H and O–H groups in total. The molecule has 1 aromatic carbocycles. The molecule has 0 spiro atoms. The Morgan fingerprint density at radius 2 is 2.44 bits per heavy atom. The second-order valence-electron chi connectivity index (χ2n) is 3.68. The first-order chi connectivity index (χ1) is 7.70. The van der Waals surface area contributed by atoms with Crippen LogP contribution in [-0.4, -0.2) is 22.1 Å². The van der Waals surface area contributed by atoms with E-state index >= 15 is 0 Å². The van der Waals surface area contributed by atoms with Gasteiger partial charge in [0.05, 0.1) is 17.8 Å². The van der Waals surface area contributed by atoms with Gasteiger partial charge in [-0.3, -0.25) is 9.89 Å². The molecule has 84 valence electrons. The van der Waals surface area contributed by atoms with E-state index in [1.165, 1.54) is 0 Å². The van der Waals surface area contributed by atoms with Crippen molar-refractivity contribution in [2.75, 3.05) is 5.32 Å². The van der Waals surface area contributed by atoms with Gasteiger partial charge in [-0.25, -0.2) is 0 Å². The Morgan fingerprint density at radius 1 is 1.62 bits per heavy atom. The van der Waals surface area contributed by atoms with Crippen molar-refractivity contribution in [2.24, 2.45) is 5.73 Å². The normalized spacial score (nSPS) is 12.6. The van der Waals surface area contributed by atoms with Crippen LogP contribution in [0.2, 0.25) is 0 Å². The van der Waals surface area contributed by atoms with Gasteiger partial charge in [-0.15, -0.1) is 0 Å². The maximum absolute atomic E-state index is 11.6. The van der Waals surface area contributed by atoms with Crippen molar-refractivity contribution in [3.05, 3.63) is 24.4 Å². The van der Waals surface area contributed by atoms with Gasteiger partial charge in [-0.05, 0) is 24.6 Å². The van der Waals surface area contributed by atoms with Crippen molar-refractivity contribution in [3.63, 3.8) is 0 Å². The topological polar surface area (TPSA) is 83.8 Å². The van der Waals surface area contributed by atoms with Gasteiger partial charge in [0.15, 0.2) is 0 Å². The van der Waals surface area contributed by atoms with Crippen molar-refractivity contribution >= 4 is 22.5 Å². The number of nitrogens with two attached hydrogens (primary N) is 1. The molecule has 5 nitrogen and oxygen atoms in total. The number of amides is 1. The molecular weight excluding hydrogens is 204 g/mol. The van der Waals surface area contributed by atoms with Gasteiger partial charge in [0.1, 0.15) is 0 Å². The summed E-state index contributed by atoms with van der Waals surface area (Å²) >= 11 is 0. The number of H-pyrrole nitrogens is 1. The van der Waals surface area contributed by atoms with E-state index in [2.05, 4.69) is 15.5 Å². The van der Waals surface area contributed by atoms with Crippen LogP contribution in [0.15, 0.2) is 24.4 Å². The summed E-state index contributed by atoms with van der Waals surface area (Å²) in [5, 5.41) is 10.5. The molecule has 0 radical (unpaired) electrons. The lowest BCUT2D eigenvalue weighted by atomic mass is 10.2. The highest BCUT2D eigenvalue weighted by atomic mass is 16.2. The van der Waals surface area contributed by atoms with Gasteiger partial charge in [-0.2, -0.15) is 5.10 Å². The van der Waals surface area contributed by atoms with Gasteiger partial charge < -0.3 is 11.1 Å². The SMILES string of the molecule is CCC(N)C(=O)Nc1ccc2[nH]ncc2c1. The van der Waals surface area contributed by atoms with Crippen LogP contribution in [0.5, 0.6) is 0 Å². The Hall–Kier alpha value is -1.88. The molecule has 5 heteroatoms. The molecule has 0 bridgehead atoms. The number of aromatic nitrogens is 2. The van der Waals surface area contributed by atoms with Crippen molar-refractivity contribution in [2.45, 2.75) is 19.4 Å². The zero-order valence-electron chi connectivity index (χ0n) is 9.03.